The molecule has 96 valence electrons. The van der Waals surface area contributed by atoms with Gasteiger partial charge >= 0.3 is 6.01 Å². The van der Waals surface area contributed by atoms with Gasteiger partial charge in [0.1, 0.15) is 0 Å². The van der Waals surface area contributed by atoms with Crippen molar-refractivity contribution in [2.75, 3.05) is 25.1 Å². The highest BCUT2D eigenvalue weighted by Gasteiger charge is 2.18. The number of ether oxygens (including phenoxy) is 1. The molecule has 0 unspecified atom stereocenters. The molecule has 0 spiro atoms. The molecule has 0 saturated heterocycles. The van der Waals surface area contributed by atoms with Crippen molar-refractivity contribution < 1.29 is 9.84 Å². The van der Waals surface area contributed by atoms with Gasteiger partial charge in [-0.15, -0.1) is 0 Å². The second kappa shape index (κ2) is 5.46. The highest BCUT2D eigenvalue weighted by molar-refractivity contribution is 6.28. The lowest BCUT2D eigenvalue weighted by Gasteiger charge is -2.25. The molecule has 0 aliphatic carbocycles. The molecule has 1 aromatic heterocycles. The van der Waals surface area contributed by atoms with Gasteiger partial charge in [-0.3, -0.25) is 0 Å². The molecule has 1 heterocycles. The maximum Gasteiger partial charge on any atom is 0.322 e. The Hall–Kier alpha value is -1.14. The van der Waals surface area contributed by atoms with E-state index in [2.05, 4.69) is 15.0 Å². The molecule has 6 nitrogen and oxygen atoms in total. The number of aromatic nitrogens is 3. The van der Waals surface area contributed by atoms with E-state index >= 15 is 0 Å². The Balaban J connectivity index is 2.89. The van der Waals surface area contributed by atoms with E-state index in [0.29, 0.717) is 19.1 Å². The van der Waals surface area contributed by atoms with E-state index in [0.717, 1.165) is 0 Å². The van der Waals surface area contributed by atoms with Crippen LogP contribution in [0, 0.1) is 0 Å². The SMILES string of the molecule is CCOc1nc(Cl)nc(N(C)CC(C)(C)O)n1. The van der Waals surface area contributed by atoms with Crippen LogP contribution in [0.5, 0.6) is 6.01 Å². The first-order chi connectivity index (χ1) is 7.81. The summed E-state index contributed by atoms with van der Waals surface area (Å²) in [5, 5.41) is 9.78. The van der Waals surface area contributed by atoms with Crippen molar-refractivity contribution in [1.29, 1.82) is 0 Å². The predicted molar refractivity (Wildman–Crippen MR) is 65.6 cm³/mol. The number of likely N-dealkylation sites (N-methyl/N-ethyl adjacent to an activating group) is 1. The van der Waals surface area contributed by atoms with E-state index in [1.807, 2.05) is 6.92 Å². The number of aliphatic hydroxyl groups is 1. The zero-order valence-corrected chi connectivity index (χ0v) is 11.2. The molecule has 1 N–H and O–H groups in total. The Morgan fingerprint density at radius 3 is 2.53 bits per heavy atom. The first-order valence-corrected chi connectivity index (χ1v) is 5.67. The summed E-state index contributed by atoms with van der Waals surface area (Å²) in [6.07, 6.45) is 0. The van der Waals surface area contributed by atoms with Gasteiger partial charge in [-0.05, 0) is 32.4 Å². The largest absolute Gasteiger partial charge is 0.464 e. The fourth-order valence-electron chi connectivity index (χ4n) is 1.34. The van der Waals surface area contributed by atoms with Gasteiger partial charge in [0.05, 0.1) is 12.2 Å². The molecule has 0 amide bonds. The summed E-state index contributed by atoms with van der Waals surface area (Å²) < 4.78 is 5.17. The number of halogens is 1. The van der Waals surface area contributed by atoms with Crippen molar-refractivity contribution >= 4 is 17.5 Å². The molecule has 0 atom stereocenters. The summed E-state index contributed by atoms with van der Waals surface area (Å²) in [5.74, 6) is 0.371. The first kappa shape index (κ1) is 13.9. The number of hydrogen-bond donors (Lipinski definition) is 1. The average Bonchev–Trinajstić information content (AvgIpc) is 2.14. The minimum absolute atomic E-state index is 0.0704. The molecule has 0 radical (unpaired) electrons. The summed E-state index contributed by atoms with van der Waals surface area (Å²) in [5.41, 5.74) is -0.848. The third kappa shape index (κ3) is 4.70. The van der Waals surface area contributed by atoms with Crippen LogP contribution >= 0.6 is 11.6 Å². The Labute approximate surface area is 106 Å². The van der Waals surface area contributed by atoms with E-state index < -0.39 is 5.60 Å². The molecule has 0 bridgehead atoms. The monoisotopic (exact) mass is 260 g/mol. The van der Waals surface area contributed by atoms with Crippen molar-refractivity contribution in [3.05, 3.63) is 5.28 Å². The summed E-state index contributed by atoms with van der Waals surface area (Å²) in [7, 11) is 1.76. The smallest absolute Gasteiger partial charge is 0.322 e. The van der Waals surface area contributed by atoms with Crippen LogP contribution in [-0.2, 0) is 0 Å². The third-order valence-electron chi connectivity index (χ3n) is 1.81. The zero-order valence-electron chi connectivity index (χ0n) is 10.4. The Morgan fingerprint density at radius 1 is 1.35 bits per heavy atom. The van der Waals surface area contributed by atoms with Crippen LogP contribution < -0.4 is 9.64 Å². The summed E-state index contributed by atoms with van der Waals surface area (Å²) >= 11 is 5.77. The standard InChI is InChI=1S/C10H17ClN4O2/c1-5-17-9-13-7(11)12-8(14-9)15(4)6-10(2,3)16/h16H,5-6H2,1-4H3. The van der Waals surface area contributed by atoms with Crippen LogP contribution in [0.3, 0.4) is 0 Å². The van der Waals surface area contributed by atoms with Gasteiger partial charge in [0.2, 0.25) is 11.2 Å². The quantitative estimate of drug-likeness (QED) is 0.856. The average molecular weight is 261 g/mol. The zero-order chi connectivity index (χ0) is 13.1. The third-order valence-corrected chi connectivity index (χ3v) is 1.98. The lowest BCUT2D eigenvalue weighted by molar-refractivity contribution is 0.0882. The first-order valence-electron chi connectivity index (χ1n) is 5.29. The van der Waals surface area contributed by atoms with Crippen LogP contribution in [0.1, 0.15) is 20.8 Å². The van der Waals surface area contributed by atoms with E-state index in [4.69, 9.17) is 16.3 Å². The Bertz CT molecular complexity index is 381. The van der Waals surface area contributed by atoms with Crippen LogP contribution in [0.4, 0.5) is 5.95 Å². The van der Waals surface area contributed by atoms with Crippen molar-refractivity contribution in [2.24, 2.45) is 0 Å². The molecule has 0 saturated carbocycles. The predicted octanol–water partition coefficient (Wildman–Crippen LogP) is 1.13. The Morgan fingerprint density at radius 2 is 2.00 bits per heavy atom. The van der Waals surface area contributed by atoms with Gasteiger partial charge in [0, 0.05) is 13.6 Å². The van der Waals surface area contributed by atoms with Crippen LogP contribution in [0.25, 0.3) is 0 Å². The maximum atomic E-state index is 9.71. The topological polar surface area (TPSA) is 71.4 Å². The van der Waals surface area contributed by atoms with Gasteiger partial charge in [-0.25, -0.2) is 0 Å². The van der Waals surface area contributed by atoms with E-state index in [-0.39, 0.29) is 11.3 Å². The minimum Gasteiger partial charge on any atom is -0.464 e. The van der Waals surface area contributed by atoms with Crippen molar-refractivity contribution in [1.82, 2.24) is 15.0 Å². The second-order valence-electron chi connectivity index (χ2n) is 4.29. The second-order valence-corrected chi connectivity index (χ2v) is 4.63. The van der Waals surface area contributed by atoms with Crippen LogP contribution in [0.2, 0.25) is 5.28 Å². The summed E-state index contributed by atoms with van der Waals surface area (Å²) in [4.78, 5) is 13.6. The van der Waals surface area contributed by atoms with Crippen molar-refractivity contribution in [3.8, 4) is 6.01 Å². The van der Waals surface area contributed by atoms with Crippen LogP contribution in [0.15, 0.2) is 0 Å². The molecule has 0 aliphatic rings. The summed E-state index contributed by atoms with van der Waals surface area (Å²) in [6.45, 7) is 6.07. The van der Waals surface area contributed by atoms with Gasteiger partial charge in [-0.1, -0.05) is 0 Å². The molecular weight excluding hydrogens is 244 g/mol. The number of anilines is 1. The van der Waals surface area contributed by atoms with Gasteiger partial charge in [0.15, 0.2) is 0 Å². The maximum absolute atomic E-state index is 9.71. The molecule has 17 heavy (non-hydrogen) atoms. The van der Waals surface area contributed by atoms with Crippen LogP contribution in [-0.4, -0.2) is 45.9 Å². The van der Waals surface area contributed by atoms with Gasteiger partial charge < -0.3 is 14.7 Å². The van der Waals surface area contributed by atoms with E-state index in [1.165, 1.54) is 0 Å². The summed E-state index contributed by atoms with van der Waals surface area (Å²) in [6, 6.07) is 0.185. The molecule has 1 rings (SSSR count). The lowest BCUT2D eigenvalue weighted by atomic mass is 10.1. The van der Waals surface area contributed by atoms with E-state index in [1.54, 1.807) is 25.8 Å². The van der Waals surface area contributed by atoms with Crippen molar-refractivity contribution in [3.63, 3.8) is 0 Å². The number of nitrogens with zero attached hydrogens (tertiary/aromatic N) is 4. The highest BCUT2D eigenvalue weighted by Crippen LogP contribution is 2.16. The molecule has 0 aliphatic heterocycles. The van der Waals surface area contributed by atoms with Gasteiger partial charge in [-0.2, -0.15) is 15.0 Å². The fraction of sp³-hybridized carbons (Fsp3) is 0.700. The highest BCUT2D eigenvalue weighted by atomic mass is 35.5. The minimum atomic E-state index is -0.848. The normalized spacial score (nSPS) is 11.4. The molecule has 7 heteroatoms. The lowest BCUT2D eigenvalue weighted by Crippen LogP contribution is -2.37. The molecular formula is C10H17ClN4O2. The fourth-order valence-corrected chi connectivity index (χ4v) is 1.49. The van der Waals surface area contributed by atoms with Crippen molar-refractivity contribution in [2.45, 2.75) is 26.4 Å². The Kier molecular flexibility index (Phi) is 4.47. The van der Waals surface area contributed by atoms with E-state index in [9.17, 15) is 5.11 Å². The number of rotatable bonds is 5. The molecule has 0 aromatic carbocycles. The van der Waals surface area contributed by atoms with Gasteiger partial charge in [0.25, 0.3) is 0 Å². The number of hydrogen-bond acceptors (Lipinski definition) is 6. The molecule has 0 fully saturated rings. The molecule has 1 aromatic rings.